The Bertz CT molecular complexity index is 930. The van der Waals surface area contributed by atoms with Crippen molar-refractivity contribution in [2.24, 2.45) is 5.41 Å². The molecular weight excluding hydrogens is 420 g/mol. The molecule has 0 radical (unpaired) electrons. The summed E-state index contributed by atoms with van der Waals surface area (Å²) < 4.78 is 37.9. The lowest BCUT2D eigenvalue weighted by atomic mass is 9.78. The highest BCUT2D eigenvalue weighted by Crippen LogP contribution is 2.41. The monoisotopic (exact) mass is 452 g/mol. The van der Waals surface area contributed by atoms with Crippen molar-refractivity contribution in [2.45, 2.75) is 57.0 Å². The quantitative estimate of drug-likeness (QED) is 0.503. The summed E-state index contributed by atoms with van der Waals surface area (Å²) >= 11 is 0. The number of amides is 1. The van der Waals surface area contributed by atoms with E-state index in [0.29, 0.717) is 44.8 Å². The van der Waals surface area contributed by atoms with E-state index in [4.69, 9.17) is 9.47 Å². The van der Waals surface area contributed by atoms with Crippen LogP contribution in [-0.2, 0) is 24.3 Å². The van der Waals surface area contributed by atoms with Crippen LogP contribution in [0.4, 0.5) is 0 Å². The van der Waals surface area contributed by atoms with E-state index in [1.165, 1.54) is 17.5 Å². The normalized spacial score (nSPS) is 19.4. The van der Waals surface area contributed by atoms with Crippen LogP contribution in [0, 0.1) is 5.41 Å². The van der Waals surface area contributed by atoms with E-state index in [9.17, 15) is 18.0 Å². The van der Waals surface area contributed by atoms with E-state index in [1.807, 2.05) is 0 Å². The predicted molar refractivity (Wildman–Crippen MR) is 115 cm³/mol. The Labute approximate surface area is 184 Å². The molecule has 31 heavy (non-hydrogen) atoms. The van der Waals surface area contributed by atoms with Gasteiger partial charge in [0, 0.05) is 32.2 Å². The van der Waals surface area contributed by atoms with Gasteiger partial charge in [-0.1, -0.05) is 6.07 Å². The Balaban J connectivity index is 1.58. The van der Waals surface area contributed by atoms with Crippen molar-refractivity contribution >= 4 is 21.9 Å². The molecule has 0 aliphatic carbocycles. The lowest BCUT2D eigenvalue weighted by molar-refractivity contribution is -0.158. The maximum absolute atomic E-state index is 13.0. The molecule has 8 nitrogen and oxygen atoms in total. The number of hydrogen-bond acceptors (Lipinski definition) is 6. The second-order valence-electron chi connectivity index (χ2n) is 9.41. The Hall–Kier alpha value is -2.13. The summed E-state index contributed by atoms with van der Waals surface area (Å²) in [5, 5.41) is 0. The molecule has 9 heteroatoms. The van der Waals surface area contributed by atoms with Crippen molar-refractivity contribution in [1.82, 2.24) is 9.21 Å². The lowest BCUT2D eigenvalue weighted by Gasteiger charge is -2.38. The Kier molecular flexibility index (Phi) is 6.67. The molecule has 2 heterocycles. The molecule has 3 rings (SSSR count). The summed E-state index contributed by atoms with van der Waals surface area (Å²) in [6.07, 6.45) is 1.93. The first kappa shape index (κ1) is 23.5. The second kappa shape index (κ2) is 8.78. The minimum absolute atomic E-state index is 0.0933. The summed E-state index contributed by atoms with van der Waals surface area (Å²) in [7, 11) is -2.09. The number of nitrogens with zero attached hydrogens (tertiary/aromatic N) is 2. The van der Waals surface area contributed by atoms with Crippen LogP contribution >= 0.6 is 0 Å². The molecule has 2 saturated heterocycles. The van der Waals surface area contributed by atoms with Gasteiger partial charge in [-0.25, -0.2) is 8.42 Å². The number of carbonyl (C=O) groups is 2. The third-order valence-corrected chi connectivity index (χ3v) is 7.86. The number of carbonyl (C=O) groups excluding carboxylic acids is 2. The number of methoxy groups -OCH3 is 1. The molecule has 1 spiro atoms. The Morgan fingerprint density at radius 1 is 1.10 bits per heavy atom. The zero-order valence-corrected chi connectivity index (χ0v) is 19.5. The van der Waals surface area contributed by atoms with Crippen LogP contribution in [0.2, 0.25) is 0 Å². The van der Waals surface area contributed by atoms with Crippen molar-refractivity contribution in [3.05, 3.63) is 24.3 Å². The number of ether oxygens (including phenoxy) is 2. The molecule has 0 unspecified atom stereocenters. The second-order valence-corrected chi connectivity index (χ2v) is 11.3. The number of likely N-dealkylation sites (tertiary alicyclic amines) is 1. The van der Waals surface area contributed by atoms with Crippen LogP contribution in [0.3, 0.4) is 0 Å². The van der Waals surface area contributed by atoms with Gasteiger partial charge in [0.2, 0.25) is 15.9 Å². The van der Waals surface area contributed by atoms with E-state index in [2.05, 4.69) is 0 Å². The summed E-state index contributed by atoms with van der Waals surface area (Å²) in [5.74, 6) is -0.236. The summed E-state index contributed by atoms with van der Waals surface area (Å²) in [6, 6.07) is 6.50. The number of sulfonamides is 1. The van der Waals surface area contributed by atoms with Crippen LogP contribution in [0.1, 0.15) is 46.5 Å². The maximum Gasteiger partial charge on any atom is 0.315 e. The maximum atomic E-state index is 13.0. The van der Waals surface area contributed by atoms with E-state index in [0.717, 1.165) is 6.42 Å². The molecule has 2 aliphatic heterocycles. The topological polar surface area (TPSA) is 93.2 Å². The van der Waals surface area contributed by atoms with Gasteiger partial charge < -0.3 is 14.4 Å². The van der Waals surface area contributed by atoms with Gasteiger partial charge in [0.05, 0.1) is 12.0 Å². The fourth-order valence-corrected chi connectivity index (χ4v) is 5.76. The third kappa shape index (κ3) is 5.57. The van der Waals surface area contributed by atoms with Crippen molar-refractivity contribution in [3.8, 4) is 5.75 Å². The van der Waals surface area contributed by atoms with Crippen LogP contribution < -0.4 is 4.74 Å². The van der Waals surface area contributed by atoms with E-state index in [1.54, 1.807) is 43.9 Å². The first-order chi connectivity index (χ1) is 14.4. The molecule has 172 valence electrons. The molecule has 1 aromatic carbocycles. The number of piperidine rings is 1. The zero-order chi connectivity index (χ0) is 22.9. The SMILES string of the molecule is COc1cccc(S(=O)(=O)N2CCC3(CCN(C(=O)CC(=O)OC(C)(C)C)C3)CC2)c1. The lowest BCUT2D eigenvalue weighted by Crippen LogP contribution is -2.44. The summed E-state index contributed by atoms with van der Waals surface area (Å²) in [5.41, 5.74) is -0.714. The van der Waals surface area contributed by atoms with E-state index < -0.39 is 21.6 Å². The van der Waals surface area contributed by atoms with Crippen molar-refractivity contribution in [1.29, 1.82) is 0 Å². The van der Waals surface area contributed by atoms with E-state index >= 15 is 0 Å². The number of esters is 1. The van der Waals surface area contributed by atoms with Gasteiger partial charge in [0.1, 0.15) is 17.8 Å². The molecule has 2 aliphatic rings. The van der Waals surface area contributed by atoms with Crippen molar-refractivity contribution in [2.75, 3.05) is 33.3 Å². The molecule has 0 bridgehead atoms. The smallest absolute Gasteiger partial charge is 0.315 e. The van der Waals surface area contributed by atoms with Gasteiger partial charge in [-0.3, -0.25) is 9.59 Å². The standard InChI is InChI=1S/C22H32N2O6S/c1-21(2,3)30-20(26)15-19(25)23-11-8-22(16-23)9-12-24(13-10-22)31(27,28)18-7-5-6-17(14-18)29-4/h5-7,14H,8-13,15-16H2,1-4H3. The van der Waals surface area contributed by atoms with Crippen LogP contribution in [-0.4, -0.2) is 68.4 Å². The third-order valence-electron chi connectivity index (χ3n) is 5.97. The first-order valence-corrected chi connectivity index (χ1v) is 12.0. The molecule has 0 aromatic heterocycles. The van der Waals surface area contributed by atoms with Gasteiger partial charge in [-0.15, -0.1) is 0 Å². The fourth-order valence-electron chi connectivity index (χ4n) is 4.28. The van der Waals surface area contributed by atoms with E-state index in [-0.39, 0.29) is 22.6 Å². The Morgan fingerprint density at radius 3 is 2.35 bits per heavy atom. The average molecular weight is 453 g/mol. The molecule has 2 fully saturated rings. The summed E-state index contributed by atoms with van der Waals surface area (Å²) in [6.45, 7) is 7.28. The molecule has 1 amide bonds. The largest absolute Gasteiger partial charge is 0.497 e. The van der Waals surface area contributed by atoms with Crippen molar-refractivity contribution < 1.29 is 27.5 Å². The minimum atomic E-state index is -3.59. The fraction of sp³-hybridized carbons (Fsp3) is 0.636. The zero-order valence-electron chi connectivity index (χ0n) is 18.7. The highest BCUT2D eigenvalue weighted by molar-refractivity contribution is 7.89. The number of hydrogen-bond donors (Lipinski definition) is 0. The van der Waals surface area contributed by atoms with Crippen LogP contribution in [0.5, 0.6) is 5.75 Å². The van der Waals surface area contributed by atoms with Crippen molar-refractivity contribution in [3.63, 3.8) is 0 Å². The van der Waals surface area contributed by atoms with Gasteiger partial charge in [0.15, 0.2) is 0 Å². The molecular formula is C22H32N2O6S. The molecule has 0 saturated carbocycles. The molecule has 0 N–H and O–H groups in total. The highest BCUT2D eigenvalue weighted by Gasteiger charge is 2.44. The minimum Gasteiger partial charge on any atom is -0.497 e. The average Bonchev–Trinajstić information content (AvgIpc) is 3.10. The highest BCUT2D eigenvalue weighted by atomic mass is 32.2. The van der Waals surface area contributed by atoms with Gasteiger partial charge in [0.25, 0.3) is 0 Å². The molecule has 0 atom stereocenters. The molecule has 1 aromatic rings. The van der Waals surface area contributed by atoms with Crippen LogP contribution in [0.25, 0.3) is 0 Å². The first-order valence-electron chi connectivity index (χ1n) is 10.6. The van der Waals surface area contributed by atoms with Gasteiger partial charge in [-0.05, 0) is 57.6 Å². The van der Waals surface area contributed by atoms with Gasteiger partial charge >= 0.3 is 5.97 Å². The summed E-state index contributed by atoms with van der Waals surface area (Å²) in [4.78, 5) is 26.5. The Morgan fingerprint density at radius 2 is 1.74 bits per heavy atom. The predicted octanol–water partition coefficient (Wildman–Crippen LogP) is 2.43. The number of benzene rings is 1. The number of rotatable bonds is 5. The van der Waals surface area contributed by atoms with Gasteiger partial charge in [-0.2, -0.15) is 4.31 Å². The van der Waals surface area contributed by atoms with Crippen LogP contribution in [0.15, 0.2) is 29.2 Å².